The van der Waals surface area contributed by atoms with Gasteiger partial charge < -0.3 is 5.73 Å². The van der Waals surface area contributed by atoms with E-state index in [0.717, 1.165) is 12.1 Å². The summed E-state index contributed by atoms with van der Waals surface area (Å²) in [4.78, 5) is 11.7. The highest BCUT2D eigenvalue weighted by Crippen LogP contribution is 2.10. The van der Waals surface area contributed by atoms with Crippen LogP contribution >= 0.6 is 0 Å². The van der Waals surface area contributed by atoms with E-state index in [1.54, 1.807) is 0 Å². The summed E-state index contributed by atoms with van der Waals surface area (Å²) in [5.74, 6) is 0.483. The Morgan fingerprint density at radius 3 is 2.82 bits per heavy atom. The van der Waals surface area contributed by atoms with Crippen molar-refractivity contribution in [1.82, 2.24) is 9.78 Å². The number of carbonyl (C=O) groups excluding carboxylic acids is 1. The Kier molecular flexibility index (Phi) is 5.35. The van der Waals surface area contributed by atoms with Gasteiger partial charge in [-0.1, -0.05) is 13.8 Å². The van der Waals surface area contributed by atoms with Crippen molar-refractivity contribution in [3.63, 3.8) is 0 Å². The number of aromatic nitrogens is 2. The van der Waals surface area contributed by atoms with E-state index in [4.69, 9.17) is 5.73 Å². The second-order valence-corrected chi connectivity index (χ2v) is 4.80. The molecule has 2 unspecified atom stereocenters. The SMILES string of the molecule is CCC(C)n1ccc(CC(=O)CC(C)CN)n1. The number of nitrogens with zero attached hydrogens (tertiary/aromatic N) is 2. The van der Waals surface area contributed by atoms with Crippen LogP contribution in [0.25, 0.3) is 0 Å². The summed E-state index contributed by atoms with van der Waals surface area (Å²) in [5.41, 5.74) is 6.36. The molecule has 1 heterocycles. The molecule has 17 heavy (non-hydrogen) atoms. The van der Waals surface area contributed by atoms with E-state index in [0.29, 0.717) is 25.4 Å². The average molecular weight is 237 g/mol. The van der Waals surface area contributed by atoms with Crippen LogP contribution in [-0.2, 0) is 11.2 Å². The van der Waals surface area contributed by atoms with Gasteiger partial charge in [-0.25, -0.2) is 0 Å². The minimum atomic E-state index is 0.220. The summed E-state index contributed by atoms with van der Waals surface area (Å²) >= 11 is 0. The van der Waals surface area contributed by atoms with Crippen LogP contribution in [0.4, 0.5) is 0 Å². The van der Waals surface area contributed by atoms with E-state index in [1.807, 2.05) is 23.9 Å². The Hall–Kier alpha value is -1.16. The van der Waals surface area contributed by atoms with Gasteiger partial charge in [-0.2, -0.15) is 5.10 Å². The van der Waals surface area contributed by atoms with Crippen molar-refractivity contribution in [3.05, 3.63) is 18.0 Å². The zero-order valence-corrected chi connectivity index (χ0v) is 11.0. The normalized spacial score (nSPS) is 14.6. The van der Waals surface area contributed by atoms with E-state index < -0.39 is 0 Å². The topological polar surface area (TPSA) is 60.9 Å². The Balaban J connectivity index is 2.51. The monoisotopic (exact) mass is 237 g/mol. The molecule has 0 spiro atoms. The predicted molar refractivity (Wildman–Crippen MR) is 68.8 cm³/mol. The van der Waals surface area contributed by atoms with Crippen LogP contribution in [-0.4, -0.2) is 22.1 Å². The van der Waals surface area contributed by atoms with Gasteiger partial charge in [0.05, 0.1) is 12.1 Å². The first-order chi connectivity index (χ1) is 8.06. The van der Waals surface area contributed by atoms with Gasteiger partial charge in [-0.15, -0.1) is 0 Å². The Bertz CT molecular complexity index is 359. The van der Waals surface area contributed by atoms with Crippen molar-refractivity contribution in [2.24, 2.45) is 11.7 Å². The lowest BCUT2D eigenvalue weighted by Crippen LogP contribution is -2.16. The van der Waals surface area contributed by atoms with Crippen LogP contribution < -0.4 is 5.73 Å². The minimum Gasteiger partial charge on any atom is -0.330 e. The first kappa shape index (κ1) is 13.9. The average Bonchev–Trinajstić information content (AvgIpc) is 2.76. The molecule has 4 heteroatoms. The van der Waals surface area contributed by atoms with Crippen LogP contribution in [0.1, 0.15) is 45.3 Å². The maximum Gasteiger partial charge on any atom is 0.139 e. The highest BCUT2D eigenvalue weighted by Gasteiger charge is 2.11. The van der Waals surface area contributed by atoms with E-state index in [9.17, 15) is 4.79 Å². The lowest BCUT2D eigenvalue weighted by molar-refractivity contribution is -0.119. The maximum absolute atomic E-state index is 11.7. The molecule has 0 amide bonds. The van der Waals surface area contributed by atoms with Gasteiger partial charge in [0, 0.05) is 18.7 Å². The predicted octanol–water partition coefficient (Wildman–Crippen LogP) is 1.95. The van der Waals surface area contributed by atoms with Gasteiger partial charge in [0.1, 0.15) is 5.78 Å². The van der Waals surface area contributed by atoms with Gasteiger partial charge in [0.25, 0.3) is 0 Å². The van der Waals surface area contributed by atoms with Crippen molar-refractivity contribution in [2.75, 3.05) is 6.54 Å². The molecule has 0 aromatic carbocycles. The highest BCUT2D eigenvalue weighted by molar-refractivity contribution is 5.80. The number of nitrogens with two attached hydrogens (primary N) is 1. The smallest absolute Gasteiger partial charge is 0.139 e. The van der Waals surface area contributed by atoms with Gasteiger partial charge in [-0.3, -0.25) is 9.48 Å². The number of hydrogen-bond acceptors (Lipinski definition) is 3. The van der Waals surface area contributed by atoms with Crippen molar-refractivity contribution in [3.8, 4) is 0 Å². The molecule has 0 aliphatic rings. The summed E-state index contributed by atoms with van der Waals surface area (Å²) < 4.78 is 1.93. The fourth-order valence-corrected chi connectivity index (χ4v) is 1.65. The number of hydrogen-bond donors (Lipinski definition) is 1. The molecule has 2 atom stereocenters. The van der Waals surface area contributed by atoms with E-state index in [1.165, 1.54) is 0 Å². The molecular formula is C13H23N3O. The third kappa shape index (κ3) is 4.30. The van der Waals surface area contributed by atoms with E-state index in [2.05, 4.69) is 18.9 Å². The number of carbonyl (C=O) groups is 1. The quantitative estimate of drug-likeness (QED) is 0.788. The fraction of sp³-hybridized carbons (Fsp3) is 0.692. The summed E-state index contributed by atoms with van der Waals surface area (Å²) in [7, 11) is 0. The first-order valence-corrected chi connectivity index (χ1v) is 6.32. The standard InChI is InChI=1S/C13H23N3O/c1-4-11(3)16-6-5-12(15-16)8-13(17)7-10(2)9-14/h5-6,10-11H,4,7-9,14H2,1-3H3. The van der Waals surface area contributed by atoms with Crippen LogP contribution in [0.5, 0.6) is 0 Å². The molecule has 1 aromatic heterocycles. The van der Waals surface area contributed by atoms with Crippen molar-refractivity contribution >= 4 is 5.78 Å². The zero-order valence-electron chi connectivity index (χ0n) is 11.0. The molecule has 0 radical (unpaired) electrons. The van der Waals surface area contributed by atoms with Crippen molar-refractivity contribution in [2.45, 2.75) is 46.1 Å². The van der Waals surface area contributed by atoms with E-state index >= 15 is 0 Å². The fourth-order valence-electron chi connectivity index (χ4n) is 1.65. The van der Waals surface area contributed by atoms with Crippen LogP contribution in [0, 0.1) is 5.92 Å². The molecule has 0 aliphatic heterocycles. The Morgan fingerprint density at radius 2 is 2.24 bits per heavy atom. The molecule has 2 N–H and O–H groups in total. The molecule has 96 valence electrons. The van der Waals surface area contributed by atoms with Crippen molar-refractivity contribution < 1.29 is 4.79 Å². The van der Waals surface area contributed by atoms with Gasteiger partial charge in [-0.05, 0) is 31.9 Å². The molecule has 1 aromatic rings. The molecule has 0 saturated carbocycles. The molecule has 1 rings (SSSR count). The Morgan fingerprint density at radius 1 is 1.53 bits per heavy atom. The summed E-state index contributed by atoms with van der Waals surface area (Å²) in [5, 5.41) is 4.42. The third-order valence-corrected chi connectivity index (χ3v) is 3.06. The number of ketones is 1. The first-order valence-electron chi connectivity index (χ1n) is 6.32. The van der Waals surface area contributed by atoms with E-state index in [-0.39, 0.29) is 11.7 Å². The lowest BCUT2D eigenvalue weighted by atomic mass is 10.0. The van der Waals surface area contributed by atoms with Crippen LogP contribution in [0.15, 0.2) is 12.3 Å². The largest absolute Gasteiger partial charge is 0.330 e. The van der Waals surface area contributed by atoms with Crippen LogP contribution in [0.2, 0.25) is 0 Å². The van der Waals surface area contributed by atoms with Crippen LogP contribution in [0.3, 0.4) is 0 Å². The third-order valence-electron chi connectivity index (χ3n) is 3.06. The lowest BCUT2D eigenvalue weighted by Gasteiger charge is -2.08. The second kappa shape index (κ2) is 6.55. The number of Topliss-reactive ketones (excluding diaryl/α,β-unsaturated/α-hetero) is 1. The number of rotatable bonds is 7. The minimum absolute atomic E-state index is 0.220. The Labute approximate surface area is 103 Å². The van der Waals surface area contributed by atoms with Gasteiger partial charge in [0.15, 0.2) is 0 Å². The van der Waals surface area contributed by atoms with Gasteiger partial charge >= 0.3 is 0 Å². The maximum atomic E-state index is 11.7. The van der Waals surface area contributed by atoms with Gasteiger partial charge in [0.2, 0.25) is 0 Å². The molecule has 0 fully saturated rings. The summed E-state index contributed by atoms with van der Waals surface area (Å²) in [6, 6.07) is 2.32. The molecular weight excluding hydrogens is 214 g/mol. The summed E-state index contributed by atoms with van der Waals surface area (Å²) in [6.07, 6.45) is 3.96. The second-order valence-electron chi connectivity index (χ2n) is 4.80. The van der Waals surface area contributed by atoms with Crippen molar-refractivity contribution in [1.29, 1.82) is 0 Å². The molecule has 0 bridgehead atoms. The highest BCUT2D eigenvalue weighted by atomic mass is 16.1. The molecule has 4 nitrogen and oxygen atoms in total. The molecule has 0 aliphatic carbocycles. The zero-order chi connectivity index (χ0) is 12.8. The summed E-state index contributed by atoms with van der Waals surface area (Å²) in [6.45, 7) is 6.80. The molecule has 0 saturated heterocycles.